The highest BCUT2D eigenvalue weighted by atomic mass is 79.9. The normalized spacial score (nSPS) is 21.0. The molecule has 1 aliphatic heterocycles. The van der Waals surface area contributed by atoms with E-state index in [4.69, 9.17) is 10.5 Å². The van der Waals surface area contributed by atoms with E-state index in [9.17, 15) is 4.79 Å². The van der Waals surface area contributed by atoms with Crippen molar-refractivity contribution in [1.29, 1.82) is 0 Å². The van der Waals surface area contributed by atoms with Crippen LogP contribution in [0.5, 0.6) is 5.75 Å². The SMILES string of the molecule is CC(C)Oc1cc(Br)cc(C(=O)N2CCC(N)C(C)(C)C2)c1. The second kappa shape index (κ2) is 6.59. The quantitative estimate of drug-likeness (QED) is 0.888. The third-order valence-corrected chi connectivity index (χ3v) is 4.55. The Hall–Kier alpha value is -1.07. The smallest absolute Gasteiger partial charge is 0.254 e. The number of hydrogen-bond donors (Lipinski definition) is 1. The summed E-state index contributed by atoms with van der Waals surface area (Å²) < 4.78 is 6.56. The van der Waals surface area contributed by atoms with Gasteiger partial charge in [-0.05, 0) is 43.9 Å². The number of carbonyl (C=O) groups is 1. The van der Waals surface area contributed by atoms with Gasteiger partial charge in [-0.1, -0.05) is 29.8 Å². The molecule has 0 saturated carbocycles. The molecular weight excluding hydrogens is 344 g/mol. The molecule has 0 aromatic heterocycles. The van der Waals surface area contributed by atoms with Crippen LogP contribution in [-0.2, 0) is 0 Å². The van der Waals surface area contributed by atoms with Crippen LogP contribution in [0.1, 0.15) is 44.5 Å². The Morgan fingerprint density at radius 2 is 2.09 bits per heavy atom. The number of likely N-dealkylation sites (tertiary alicyclic amines) is 1. The van der Waals surface area contributed by atoms with Gasteiger partial charge in [0.1, 0.15) is 5.75 Å². The van der Waals surface area contributed by atoms with Gasteiger partial charge in [-0.15, -0.1) is 0 Å². The standard InChI is InChI=1S/C17H25BrN2O2/c1-11(2)22-14-8-12(7-13(18)9-14)16(21)20-6-5-15(19)17(3,4)10-20/h7-9,11,15H,5-6,10,19H2,1-4H3. The number of rotatable bonds is 3. The second-order valence-electron chi connectivity index (χ2n) is 6.95. The number of halogens is 1. The van der Waals surface area contributed by atoms with Crippen molar-refractivity contribution in [3.05, 3.63) is 28.2 Å². The van der Waals surface area contributed by atoms with E-state index < -0.39 is 0 Å². The van der Waals surface area contributed by atoms with Gasteiger partial charge in [0.05, 0.1) is 6.10 Å². The van der Waals surface area contributed by atoms with Crippen LogP contribution in [0.15, 0.2) is 22.7 Å². The first-order valence-corrected chi connectivity index (χ1v) is 8.50. The predicted octanol–water partition coefficient (Wildman–Crippen LogP) is 3.44. The summed E-state index contributed by atoms with van der Waals surface area (Å²) in [5.41, 5.74) is 6.74. The highest BCUT2D eigenvalue weighted by Crippen LogP contribution is 2.30. The molecule has 2 rings (SSSR count). The lowest BCUT2D eigenvalue weighted by Gasteiger charge is -2.42. The van der Waals surface area contributed by atoms with Crippen molar-refractivity contribution in [1.82, 2.24) is 4.90 Å². The summed E-state index contributed by atoms with van der Waals surface area (Å²) in [7, 11) is 0. The Labute approximate surface area is 141 Å². The molecule has 1 fully saturated rings. The monoisotopic (exact) mass is 368 g/mol. The van der Waals surface area contributed by atoms with Crippen LogP contribution in [0.3, 0.4) is 0 Å². The van der Waals surface area contributed by atoms with Crippen LogP contribution in [0.25, 0.3) is 0 Å². The van der Waals surface area contributed by atoms with E-state index in [-0.39, 0.29) is 23.5 Å². The fourth-order valence-electron chi connectivity index (χ4n) is 2.76. The molecule has 1 amide bonds. The van der Waals surface area contributed by atoms with Gasteiger partial charge in [0.15, 0.2) is 0 Å². The molecule has 1 heterocycles. The topological polar surface area (TPSA) is 55.6 Å². The predicted molar refractivity (Wildman–Crippen MR) is 92.2 cm³/mol. The minimum absolute atomic E-state index is 0.0369. The van der Waals surface area contributed by atoms with Crippen molar-refractivity contribution in [2.24, 2.45) is 11.1 Å². The molecular formula is C17H25BrN2O2. The first-order chi connectivity index (χ1) is 10.2. The Morgan fingerprint density at radius 1 is 1.41 bits per heavy atom. The first kappa shape index (κ1) is 17.3. The third kappa shape index (κ3) is 4.02. The molecule has 4 nitrogen and oxygen atoms in total. The molecule has 2 N–H and O–H groups in total. The number of piperidine rings is 1. The molecule has 1 aromatic carbocycles. The zero-order valence-corrected chi connectivity index (χ0v) is 15.3. The number of hydrogen-bond acceptors (Lipinski definition) is 3. The average Bonchev–Trinajstić information content (AvgIpc) is 2.39. The molecule has 1 atom stereocenters. The van der Waals surface area contributed by atoms with E-state index in [1.807, 2.05) is 36.9 Å². The zero-order valence-electron chi connectivity index (χ0n) is 13.7. The summed E-state index contributed by atoms with van der Waals surface area (Å²) in [4.78, 5) is 14.7. The van der Waals surface area contributed by atoms with Crippen LogP contribution in [-0.4, -0.2) is 36.0 Å². The lowest BCUT2D eigenvalue weighted by molar-refractivity contribution is 0.0532. The van der Waals surface area contributed by atoms with Crippen molar-refractivity contribution >= 4 is 21.8 Å². The van der Waals surface area contributed by atoms with Crippen LogP contribution in [0.2, 0.25) is 0 Å². The van der Waals surface area contributed by atoms with Crippen LogP contribution in [0.4, 0.5) is 0 Å². The van der Waals surface area contributed by atoms with Gasteiger partial charge < -0.3 is 15.4 Å². The number of nitrogens with two attached hydrogens (primary N) is 1. The van der Waals surface area contributed by atoms with E-state index in [2.05, 4.69) is 29.8 Å². The summed E-state index contributed by atoms with van der Waals surface area (Å²) in [5, 5.41) is 0. The lowest BCUT2D eigenvalue weighted by Crippen LogP contribution is -2.54. The molecule has 5 heteroatoms. The van der Waals surface area contributed by atoms with Gasteiger partial charge in [-0.3, -0.25) is 4.79 Å². The minimum atomic E-state index is -0.0583. The Morgan fingerprint density at radius 3 is 2.68 bits per heavy atom. The summed E-state index contributed by atoms with van der Waals surface area (Å²) in [6.07, 6.45) is 0.909. The largest absolute Gasteiger partial charge is 0.491 e. The Bertz CT molecular complexity index is 558. The van der Waals surface area contributed by atoms with Crippen molar-refractivity contribution < 1.29 is 9.53 Å². The van der Waals surface area contributed by atoms with Gasteiger partial charge in [0.25, 0.3) is 5.91 Å². The fourth-order valence-corrected chi connectivity index (χ4v) is 3.23. The molecule has 0 aliphatic carbocycles. The molecule has 1 unspecified atom stereocenters. The van der Waals surface area contributed by atoms with Crippen molar-refractivity contribution in [2.75, 3.05) is 13.1 Å². The molecule has 22 heavy (non-hydrogen) atoms. The highest BCUT2D eigenvalue weighted by Gasteiger charge is 2.35. The van der Waals surface area contributed by atoms with Crippen molar-refractivity contribution in [2.45, 2.75) is 46.3 Å². The maximum absolute atomic E-state index is 12.8. The van der Waals surface area contributed by atoms with Crippen LogP contribution >= 0.6 is 15.9 Å². The van der Waals surface area contributed by atoms with Crippen molar-refractivity contribution in [3.8, 4) is 5.75 Å². The Kier molecular flexibility index (Phi) is 5.17. The molecule has 0 radical (unpaired) electrons. The number of ether oxygens (including phenoxy) is 1. The minimum Gasteiger partial charge on any atom is -0.491 e. The third-order valence-electron chi connectivity index (χ3n) is 4.09. The molecule has 1 aromatic rings. The summed E-state index contributed by atoms with van der Waals surface area (Å²) in [5.74, 6) is 0.746. The zero-order chi connectivity index (χ0) is 16.5. The van der Waals surface area contributed by atoms with E-state index in [1.165, 1.54) is 0 Å². The van der Waals surface area contributed by atoms with Gasteiger partial charge >= 0.3 is 0 Å². The van der Waals surface area contributed by atoms with Gasteiger partial charge in [-0.2, -0.15) is 0 Å². The second-order valence-corrected chi connectivity index (χ2v) is 7.87. The number of benzene rings is 1. The molecule has 1 aliphatic rings. The number of carbonyl (C=O) groups excluding carboxylic acids is 1. The van der Waals surface area contributed by atoms with Crippen LogP contribution in [0, 0.1) is 5.41 Å². The molecule has 1 saturated heterocycles. The van der Waals surface area contributed by atoms with Gasteiger partial charge in [0, 0.05) is 29.2 Å². The Balaban J connectivity index is 2.20. The maximum Gasteiger partial charge on any atom is 0.254 e. The van der Waals surface area contributed by atoms with Gasteiger partial charge in [-0.25, -0.2) is 0 Å². The first-order valence-electron chi connectivity index (χ1n) is 7.71. The lowest BCUT2D eigenvalue weighted by atomic mass is 9.79. The molecule has 122 valence electrons. The summed E-state index contributed by atoms with van der Waals surface area (Å²) in [6.45, 7) is 9.56. The van der Waals surface area contributed by atoms with Crippen molar-refractivity contribution in [3.63, 3.8) is 0 Å². The number of amides is 1. The number of nitrogens with zero attached hydrogens (tertiary/aromatic N) is 1. The van der Waals surface area contributed by atoms with Gasteiger partial charge in [0.2, 0.25) is 0 Å². The average molecular weight is 369 g/mol. The maximum atomic E-state index is 12.8. The fraction of sp³-hybridized carbons (Fsp3) is 0.588. The van der Waals surface area contributed by atoms with E-state index in [0.717, 1.165) is 10.9 Å². The van der Waals surface area contributed by atoms with E-state index >= 15 is 0 Å². The van der Waals surface area contributed by atoms with Crippen LogP contribution < -0.4 is 10.5 Å². The highest BCUT2D eigenvalue weighted by molar-refractivity contribution is 9.10. The van der Waals surface area contributed by atoms with E-state index in [0.29, 0.717) is 24.4 Å². The molecule has 0 spiro atoms. The summed E-state index contributed by atoms with van der Waals surface area (Å²) >= 11 is 3.46. The molecule has 0 bridgehead atoms. The van der Waals surface area contributed by atoms with E-state index in [1.54, 1.807) is 0 Å². The summed E-state index contributed by atoms with van der Waals surface area (Å²) in [6, 6.07) is 5.68.